The van der Waals surface area contributed by atoms with Gasteiger partial charge in [-0.1, -0.05) is 0 Å². The van der Waals surface area contributed by atoms with Crippen molar-refractivity contribution in [2.45, 2.75) is 19.4 Å². The summed E-state index contributed by atoms with van der Waals surface area (Å²) in [5.74, 6) is 4.70. The van der Waals surface area contributed by atoms with Crippen molar-refractivity contribution in [1.82, 2.24) is 15.2 Å². The van der Waals surface area contributed by atoms with Gasteiger partial charge in [0, 0.05) is 33.1 Å². The van der Waals surface area contributed by atoms with Crippen molar-refractivity contribution in [2.24, 2.45) is 5.84 Å². The van der Waals surface area contributed by atoms with Gasteiger partial charge in [-0.15, -0.1) is 0 Å². The molecule has 1 aromatic rings. The number of nitrogens with two attached hydrogens (primary N) is 1. The Morgan fingerprint density at radius 2 is 2.29 bits per heavy atom. The normalized spacial score (nSPS) is 10.1. The smallest absolute Gasteiger partial charge is 0.268 e. The van der Waals surface area contributed by atoms with E-state index in [1.165, 1.54) is 10.7 Å². The molecule has 0 saturated heterocycles. The summed E-state index contributed by atoms with van der Waals surface area (Å²) < 4.78 is 1.33. The summed E-state index contributed by atoms with van der Waals surface area (Å²) in [7, 11) is 3.68. The standard InChI is InChI=1S/C10H17N5O2/c1-14(2)8-6-10(17)15(12-7-8)5-3-4-9(16)13-11/h6-7H,3-5,11H2,1-2H3,(H,13,16). The number of hydrogen-bond donors (Lipinski definition) is 2. The third-order valence-corrected chi connectivity index (χ3v) is 2.31. The molecule has 0 radical (unpaired) electrons. The molecule has 1 amide bonds. The molecule has 7 heteroatoms. The highest BCUT2D eigenvalue weighted by Crippen LogP contribution is 2.03. The van der Waals surface area contributed by atoms with Gasteiger partial charge in [-0.05, 0) is 6.42 Å². The zero-order valence-corrected chi connectivity index (χ0v) is 10.0. The number of carbonyl (C=O) groups excluding carboxylic acids is 1. The van der Waals surface area contributed by atoms with E-state index in [2.05, 4.69) is 5.10 Å². The fourth-order valence-electron chi connectivity index (χ4n) is 1.30. The van der Waals surface area contributed by atoms with Crippen LogP contribution in [0.5, 0.6) is 0 Å². The molecule has 0 aliphatic heterocycles. The molecule has 3 N–H and O–H groups in total. The number of nitrogens with one attached hydrogen (secondary N) is 1. The molecule has 0 fully saturated rings. The average Bonchev–Trinajstić information content (AvgIpc) is 2.30. The van der Waals surface area contributed by atoms with Crippen molar-refractivity contribution in [3.63, 3.8) is 0 Å². The summed E-state index contributed by atoms with van der Waals surface area (Å²) >= 11 is 0. The quantitative estimate of drug-likeness (QED) is 0.394. The van der Waals surface area contributed by atoms with Crippen LogP contribution < -0.4 is 21.7 Å². The van der Waals surface area contributed by atoms with Gasteiger partial charge in [0.05, 0.1) is 11.9 Å². The molecule has 0 aliphatic carbocycles. The lowest BCUT2D eigenvalue weighted by molar-refractivity contribution is -0.121. The Balaban J connectivity index is 2.61. The topological polar surface area (TPSA) is 93.2 Å². The summed E-state index contributed by atoms with van der Waals surface area (Å²) in [6.45, 7) is 0.403. The maximum atomic E-state index is 11.6. The number of anilines is 1. The monoisotopic (exact) mass is 239 g/mol. The number of hydrazine groups is 1. The van der Waals surface area contributed by atoms with E-state index in [0.29, 0.717) is 13.0 Å². The summed E-state index contributed by atoms with van der Waals surface area (Å²) in [4.78, 5) is 24.3. The minimum atomic E-state index is -0.247. The van der Waals surface area contributed by atoms with E-state index in [-0.39, 0.29) is 17.9 Å². The Bertz CT molecular complexity index is 441. The van der Waals surface area contributed by atoms with E-state index in [1.54, 1.807) is 11.1 Å². The van der Waals surface area contributed by atoms with Gasteiger partial charge in [0.25, 0.3) is 5.56 Å². The average molecular weight is 239 g/mol. The molecule has 1 aromatic heterocycles. The lowest BCUT2D eigenvalue weighted by Gasteiger charge is -2.12. The van der Waals surface area contributed by atoms with Crippen LogP contribution in [0.4, 0.5) is 5.69 Å². The zero-order chi connectivity index (χ0) is 12.8. The second-order valence-corrected chi connectivity index (χ2v) is 3.84. The van der Waals surface area contributed by atoms with Gasteiger partial charge in [-0.25, -0.2) is 10.5 Å². The van der Waals surface area contributed by atoms with Crippen LogP contribution in [-0.4, -0.2) is 29.8 Å². The van der Waals surface area contributed by atoms with Crippen molar-refractivity contribution in [2.75, 3.05) is 19.0 Å². The van der Waals surface area contributed by atoms with Gasteiger partial charge in [0.15, 0.2) is 0 Å². The van der Waals surface area contributed by atoms with Crippen LogP contribution in [0.25, 0.3) is 0 Å². The molecule has 0 unspecified atom stereocenters. The largest absolute Gasteiger partial charge is 0.376 e. The van der Waals surface area contributed by atoms with Crippen LogP contribution >= 0.6 is 0 Å². The van der Waals surface area contributed by atoms with Gasteiger partial charge in [0.1, 0.15) is 0 Å². The third-order valence-electron chi connectivity index (χ3n) is 2.31. The first kappa shape index (κ1) is 13.2. The highest BCUT2D eigenvalue weighted by atomic mass is 16.2. The molecule has 7 nitrogen and oxygen atoms in total. The predicted molar refractivity (Wildman–Crippen MR) is 64.4 cm³/mol. The summed E-state index contributed by atoms with van der Waals surface area (Å²) in [6, 6.07) is 1.51. The second-order valence-electron chi connectivity index (χ2n) is 3.84. The summed E-state index contributed by atoms with van der Waals surface area (Å²) in [5, 5.41) is 4.02. The van der Waals surface area contributed by atoms with Crippen LogP contribution in [0, 0.1) is 0 Å². The van der Waals surface area contributed by atoms with Crippen LogP contribution in [0.2, 0.25) is 0 Å². The minimum absolute atomic E-state index is 0.177. The number of amides is 1. The van der Waals surface area contributed by atoms with Gasteiger partial charge >= 0.3 is 0 Å². The Labute approximate surface area is 99.2 Å². The molecule has 0 bridgehead atoms. The third kappa shape index (κ3) is 3.87. The summed E-state index contributed by atoms with van der Waals surface area (Å²) in [5.41, 5.74) is 2.62. The van der Waals surface area contributed by atoms with E-state index >= 15 is 0 Å². The lowest BCUT2D eigenvalue weighted by atomic mass is 10.3. The first-order valence-corrected chi connectivity index (χ1v) is 5.28. The molecular weight excluding hydrogens is 222 g/mol. The number of carbonyl (C=O) groups is 1. The molecule has 0 saturated carbocycles. The van der Waals surface area contributed by atoms with Crippen molar-refractivity contribution in [3.8, 4) is 0 Å². The molecule has 94 valence electrons. The lowest BCUT2D eigenvalue weighted by Crippen LogP contribution is -2.30. The minimum Gasteiger partial charge on any atom is -0.376 e. The van der Waals surface area contributed by atoms with Gasteiger partial charge < -0.3 is 4.90 Å². The molecule has 0 aliphatic rings. The second kappa shape index (κ2) is 6.00. The van der Waals surface area contributed by atoms with Crippen LogP contribution in [0.3, 0.4) is 0 Å². The fourth-order valence-corrected chi connectivity index (χ4v) is 1.30. The number of hydrogen-bond acceptors (Lipinski definition) is 5. The van der Waals surface area contributed by atoms with E-state index in [9.17, 15) is 9.59 Å². The Morgan fingerprint density at radius 1 is 1.59 bits per heavy atom. The van der Waals surface area contributed by atoms with E-state index in [1.807, 2.05) is 19.5 Å². The highest BCUT2D eigenvalue weighted by Gasteiger charge is 2.03. The maximum Gasteiger partial charge on any atom is 0.268 e. The Kier molecular flexibility index (Phi) is 4.65. The zero-order valence-electron chi connectivity index (χ0n) is 10.0. The molecule has 1 heterocycles. The fraction of sp³-hybridized carbons (Fsp3) is 0.500. The van der Waals surface area contributed by atoms with Gasteiger partial charge in [-0.3, -0.25) is 15.0 Å². The Hall–Kier alpha value is -1.89. The van der Waals surface area contributed by atoms with Gasteiger partial charge in [-0.2, -0.15) is 5.10 Å². The van der Waals surface area contributed by atoms with Crippen molar-refractivity contribution in [1.29, 1.82) is 0 Å². The highest BCUT2D eigenvalue weighted by molar-refractivity contribution is 5.75. The van der Waals surface area contributed by atoms with Crippen molar-refractivity contribution < 1.29 is 4.79 Å². The summed E-state index contributed by atoms with van der Waals surface area (Å²) in [6.07, 6.45) is 2.42. The molecule has 0 aromatic carbocycles. The maximum absolute atomic E-state index is 11.6. The van der Waals surface area contributed by atoms with Crippen molar-refractivity contribution in [3.05, 3.63) is 22.6 Å². The van der Waals surface area contributed by atoms with Crippen LogP contribution in [0.1, 0.15) is 12.8 Å². The van der Waals surface area contributed by atoms with E-state index in [0.717, 1.165) is 5.69 Å². The number of aryl methyl sites for hydroxylation is 1. The first-order valence-electron chi connectivity index (χ1n) is 5.28. The van der Waals surface area contributed by atoms with Crippen LogP contribution in [0.15, 0.2) is 17.1 Å². The van der Waals surface area contributed by atoms with E-state index < -0.39 is 0 Å². The number of nitrogens with zero attached hydrogens (tertiary/aromatic N) is 3. The number of rotatable bonds is 5. The van der Waals surface area contributed by atoms with Crippen molar-refractivity contribution >= 4 is 11.6 Å². The first-order chi connectivity index (χ1) is 8.04. The van der Waals surface area contributed by atoms with E-state index in [4.69, 9.17) is 5.84 Å². The SMILES string of the molecule is CN(C)c1cnn(CCCC(=O)NN)c(=O)c1. The molecule has 1 rings (SSSR count). The molecule has 17 heavy (non-hydrogen) atoms. The molecule has 0 atom stereocenters. The predicted octanol–water partition coefficient (Wildman–Crippen LogP) is -0.921. The van der Waals surface area contributed by atoms with Gasteiger partial charge in [0.2, 0.25) is 5.91 Å². The Morgan fingerprint density at radius 3 is 2.82 bits per heavy atom. The molecular formula is C10H17N5O2. The van der Waals surface area contributed by atoms with Crippen LogP contribution in [-0.2, 0) is 11.3 Å². The number of aromatic nitrogens is 2. The molecule has 0 spiro atoms.